The second-order valence-electron chi connectivity index (χ2n) is 3.20. The number of aliphatic hydroxyl groups excluding tert-OH is 1. The molecular formula is C11H15ClO3. The van der Waals surface area contributed by atoms with Crippen molar-refractivity contribution in [1.29, 1.82) is 0 Å². The lowest BCUT2D eigenvalue weighted by molar-refractivity contribution is 0.141. The van der Waals surface area contributed by atoms with Crippen LogP contribution in [0.5, 0.6) is 5.75 Å². The van der Waals surface area contributed by atoms with Crippen molar-refractivity contribution < 1.29 is 14.6 Å². The van der Waals surface area contributed by atoms with E-state index in [1.165, 1.54) is 0 Å². The van der Waals surface area contributed by atoms with Gasteiger partial charge >= 0.3 is 0 Å². The van der Waals surface area contributed by atoms with E-state index in [9.17, 15) is 5.11 Å². The van der Waals surface area contributed by atoms with E-state index in [0.717, 1.165) is 0 Å². The average molecular weight is 231 g/mol. The fourth-order valence-electron chi connectivity index (χ4n) is 1.21. The Kier molecular flexibility index (Phi) is 4.88. The molecule has 0 fully saturated rings. The number of halogens is 1. The zero-order valence-corrected chi connectivity index (χ0v) is 9.62. The summed E-state index contributed by atoms with van der Waals surface area (Å²) >= 11 is 5.83. The lowest BCUT2D eigenvalue weighted by atomic mass is 10.1. The van der Waals surface area contributed by atoms with Crippen molar-refractivity contribution in [2.75, 3.05) is 20.3 Å². The van der Waals surface area contributed by atoms with Crippen molar-refractivity contribution in [2.24, 2.45) is 0 Å². The molecule has 3 nitrogen and oxygen atoms in total. The summed E-state index contributed by atoms with van der Waals surface area (Å²) in [4.78, 5) is 0. The van der Waals surface area contributed by atoms with E-state index in [1.54, 1.807) is 32.2 Å². The lowest BCUT2D eigenvalue weighted by Crippen LogP contribution is -2.06. The van der Waals surface area contributed by atoms with Gasteiger partial charge in [-0.2, -0.15) is 0 Å². The third-order valence-corrected chi connectivity index (χ3v) is 2.20. The Hall–Kier alpha value is -0.770. The van der Waals surface area contributed by atoms with Gasteiger partial charge in [-0.25, -0.2) is 0 Å². The van der Waals surface area contributed by atoms with E-state index in [4.69, 9.17) is 21.1 Å². The Bertz CT molecular complexity index is 313. The van der Waals surface area contributed by atoms with Crippen LogP contribution in [0.25, 0.3) is 0 Å². The van der Waals surface area contributed by atoms with Gasteiger partial charge < -0.3 is 14.6 Å². The highest BCUT2D eigenvalue weighted by Crippen LogP contribution is 2.28. The first kappa shape index (κ1) is 12.3. The molecule has 15 heavy (non-hydrogen) atoms. The monoisotopic (exact) mass is 230 g/mol. The molecule has 1 atom stereocenters. The second kappa shape index (κ2) is 5.95. The van der Waals surface area contributed by atoms with Crippen molar-refractivity contribution in [3.63, 3.8) is 0 Å². The third-order valence-electron chi connectivity index (χ3n) is 1.97. The lowest BCUT2D eigenvalue weighted by Gasteiger charge is -2.13. The van der Waals surface area contributed by atoms with Crippen LogP contribution in [0.4, 0.5) is 0 Å². The van der Waals surface area contributed by atoms with Crippen LogP contribution in [0.1, 0.15) is 18.6 Å². The number of rotatable bonds is 5. The fourth-order valence-corrected chi connectivity index (χ4v) is 1.39. The standard InChI is InChI=1S/C11H15ClO3/c1-8(13)10-7-9(12)3-4-11(10)15-6-5-14-2/h3-4,7-8,13H,5-6H2,1-2H3/t8-/m1/s1. The van der Waals surface area contributed by atoms with Crippen LogP contribution < -0.4 is 4.74 Å². The summed E-state index contributed by atoms with van der Waals surface area (Å²) in [5, 5.41) is 10.1. The minimum absolute atomic E-state index is 0.456. The number of hydrogen-bond donors (Lipinski definition) is 1. The maximum Gasteiger partial charge on any atom is 0.125 e. The summed E-state index contributed by atoms with van der Waals surface area (Å²) in [6.45, 7) is 2.65. The molecule has 1 aromatic carbocycles. The van der Waals surface area contributed by atoms with Crippen LogP contribution in [-0.2, 0) is 4.74 Å². The molecule has 0 saturated heterocycles. The molecule has 0 unspecified atom stereocenters. The van der Waals surface area contributed by atoms with Crippen LogP contribution in [0.3, 0.4) is 0 Å². The highest BCUT2D eigenvalue weighted by Gasteiger charge is 2.09. The number of ether oxygens (including phenoxy) is 2. The number of hydrogen-bond acceptors (Lipinski definition) is 3. The SMILES string of the molecule is COCCOc1ccc(Cl)cc1[C@@H](C)O. The third kappa shape index (κ3) is 3.70. The molecule has 1 aromatic rings. The smallest absolute Gasteiger partial charge is 0.125 e. The van der Waals surface area contributed by atoms with Crippen molar-refractivity contribution >= 4 is 11.6 Å². The van der Waals surface area contributed by atoms with Crippen molar-refractivity contribution in [1.82, 2.24) is 0 Å². The molecule has 4 heteroatoms. The maximum atomic E-state index is 9.52. The van der Waals surface area contributed by atoms with E-state index in [1.807, 2.05) is 0 Å². The highest BCUT2D eigenvalue weighted by atomic mass is 35.5. The van der Waals surface area contributed by atoms with Crippen LogP contribution in [0, 0.1) is 0 Å². The zero-order chi connectivity index (χ0) is 11.3. The molecule has 0 spiro atoms. The van der Waals surface area contributed by atoms with Gasteiger partial charge in [0.05, 0.1) is 12.7 Å². The van der Waals surface area contributed by atoms with Gasteiger partial charge in [0, 0.05) is 17.7 Å². The summed E-state index contributed by atoms with van der Waals surface area (Å²) in [5.74, 6) is 0.645. The molecule has 84 valence electrons. The number of aliphatic hydroxyl groups is 1. The van der Waals surface area contributed by atoms with E-state index in [-0.39, 0.29) is 0 Å². The van der Waals surface area contributed by atoms with Crippen LogP contribution in [0.2, 0.25) is 5.02 Å². The molecule has 0 saturated carbocycles. The van der Waals surface area contributed by atoms with Gasteiger partial charge in [-0.1, -0.05) is 11.6 Å². The predicted octanol–water partition coefficient (Wildman–Crippen LogP) is 2.42. The average Bonchev–Trinajstić information content (AvgIpc) is 2.20. The van der Waals surface area contributed by atoms with Crippen molar-refractivity contribution in [3.8, 4) is 5.75 Å². The van der Waals surface area contributed by atoms with Crippen molar-refractivity contribution in [2.45, 2.75) is 13.0 Å². The summed E-state index contributed by atoms with van der Waals surface area (Å²) in [6.07, 6.45) is -0.596. The summed E-state index contributed by atoms with van der Waals surface area (Å²) in [5.41, 5.74) is 0.693. The first-order valence-electron chi connectivity index (χ1n) is 4.74. The minimum Gasteiger partial charge on any atom is -0.491 e. The van der Waals surface area contributed by atoms with Gasteiger partial charge in [-0.05, 0) is 25.1 Å². The molecule has 0 heterocycles. The van der Waals surface area contributed by atoms with E-state index in [2.05, 4.69) is 0 Å². The van der Waals surface area contributed by atoms with Crippen LogP contribution in [-0.4, -0.2) is 25.4 Å². The van der Waals surface area contributed by atoms with Crippen LogP contribution >= 0.6 is 11.6 Å². The molecule has 1 N–H and O–H groups in total. The Balaban J connectivity index is 2.77. The molecule has 1 rings (SSSR count). The van der Waals surface area contributed by atoms with Crippen LogP contribution in [0.15, 0.2) is 18.2 Å². The molecule has 0 amide bonds. The topological polar surface area (TPSA) is 38.7 Å². The van der Waals surface area contributed by atoms with Gasteiger partial charge in [0.2, 0.25) is 0 Å². The minimum atomic E-state index is -0.596. The zero-order valence-electron chi connectivity index (χ0n) is 8.87. The maximum absolute atomic E-state index is 9.52. The summed E-state index contributed by atoms with van der Waals surface area (Å²) < 4.78 is 10.3. The Morgan fingerprint density at radius 1 is 1.40 bits per heavy atom. The van der Waals surface area contributed by atoms with Gasteiger partial charge in [0.1, 0.15) is 12.4 Å². The quantitative estimate of drug-likeness (QED) is 0.790. The van der Waals surface area contributed by atoms with E-state index < -0.39 is 6.10 Å². The number of benzene rings is 1. The Labute approximate surface area is 94.6 Å². The fraction of sp³-hybridized carbons (Fsp3) is 0.455. The molecule has 0 aromatic heterocycles. The highest BCUT2D eigenvalue weighted by molar-refractivity contribution is 6.30. The molecule has 0 radical (unpaired) electrons. The normalized spacial score (nSPS) is 12.5. The van der Waals surface area contributed by atoms with E-state index >= 15 is 0 Å². The molecule has 0 aliphatic carbocycles. The van der Waals surface area contributed by atoms with Gasteiger partial charge in [0.15, 0.2) is 0 Å². The predicted molar refractivity (Wildman–Crippen MR) is 59.5 cm³/mol. The molecule has 0 aliphatic heterocycles. The second-order valence-corrected chi connectivity index (χ2v) is 3.64. The van der Waals surface area contributed by atoms with E-state index in [0.29, 0.717) is 29.5 Å². The molecular weight excluding hydrogens is 216 g/mol. The summed E-state index contributed by atoms with van der Waals surface area (Å²) in [6, 6.07) is 5.18. The Morgan fingerprint density at radius 3 is 2.73 bits per heavy atom. The number of methoxy groups -OCH3 is 1. The first-order chi connectivity index (χ1) is 7.15. The Morgan fingerprint density at radius 2 is 2.13 bits per heavy atom. The largest absolute Gasteiger partial charge is 0.491 e. The first-order valence-corrected chi connectivity index (χ1v) is 5.12. The summed E-state index contributed by atoms with van der Waals surface area (Å²) in [7, 11) is 1.61. The molecule has 0 bridgehead atoms. The van der Waals surface area contributed by atoms with Crippen molar-refractivity contribution in [3.05, 3.63) is 28.8 Å². The van der Waals surface area contributed by atoms with Gasteiger partial charge in [0.25, 0.3) is 0 Å². The molecule has 0 aliphatic rings. The van der Waals surface area contributed by atoms with Gasteiger partial charge in [-0.3, -0.25) is 0 Å². The van der Waals surface area contributed by atoms with Gasteiger partial charge in [-0.15, -0.1) is 0 Å².